The van der Waals surface area contributed by atoms with Gasteiger partial charge in [0.25, 0.3) is 0 Å². The van der Waals surface area contributed by atoms with Gasteiger partial charge in [0.05, 0.1) is 11.3 Å². The van der Waals surface area contributed by atoms with E-state index in [1.54, 1.807) is 16.8 Å². The maximum atomic E-state index is 12.4. The van der Waals surface area contributed by atoms with Crippen molar-refractivity contribution in [1.82, 2.24) is 14.4 Å². The lowest BCUT2D eigenvalue weighted by atomic mass is 10.0. The average molecular weight is 313 g/mol. The van der Waals surface area contributed by atoms with E-state index in [1.165, 1.54) is 0 Å². The first kappa shape index (κ1) is 13.0. The molecule has 0 aliphatic carbocycles. The second-order valence-electron chi connectivity index (χ2n) is 5.60. The summed E-state index contributed by atoms with van der Waals surface area (Å²) in [6.45, 7) is 0. The topological polar surface area (TPSA) is 60.4 Å². The number of hydrogen-bond acceptors (Lipinski definition) is 4. The molecule has 0 spiro atoms. The molecular weight excluding hydrogens is 302 g/mol. The molecule has 0 N–H and O–H groups in total. The van der Waals surface area contributed by atoms with Gasteiger partial charge in [-0.25, -0.2) is 14.8 Å². The predicted octanol–water partition coefficient (Wildman–Crippen LogP) is 3.66. The maximum absolute atomic E-state index is 12.4. The van der Waals surface area contributed by atoms with Crippen molar-refractivity contribution in [2.45, 2.75) is 0 Å². The lowest BCUT2D eigenvalue weighted by Gasteiger charge is -2.04. The van der Waals surface area contributed by atoms with E-state index in [0.717, 1.165) is 16.2 Å². The van der Waals surface area contributed by atoms with E-state index in [-0.39, 0.29) is 0 Å². The lowest BCUT2D eigenvalue weighted by molar-refractivity contribution is 0.563. The third-order valence-electron chi connectivity index (χ3n) is 4.15. The minimum Gasteiger partial charge on any atom is -0.422 e. The maximum Gasteiger partial charge on any atom is 0.345 e. The van der Waals surface area contributed by atoms with Gasteiger partial charge in [0.1, 0.15) is 5.58 Å². The standard InChI is InChI=1S/C19H11N3O2/c23-18-15(16-11-22-9-3-8-20-19(22)21-16)10-14-13-5-2-1-4-12(13)6-7-17(14)24-18/h1-11H. The Hall–Kier alpha value is -3.47. The Bertz CT molecular complexity index is 1250. The highest BCUT2D eigenvalue weighted by atomic mass is 16.4. The molecule has 2 aromatic carbocycles. The van der Waals surface area contributed by atoms with Gasteiger partial charge < -0.3 is 4.42 Å². The number of fused-ring (bicyclic) bond motifs is 4. The second kappa shape index (κ2) is 4.76. The van der Waals surface area contributed by atoms with Crippen molar-refractivity contribution in [3.63, 3.8) is 0 Å². The molecule has 0 atom stereocenters. The molecule has 5 rings (SSSR count). The Morgan fingerprint density at radius 2 is 1.92 bits per heavy atom. The van der Waals surface area contributed by atoms with E-state index in [2.05, 4.69) is 9.97 Å². The molecule has 5 nitrogen and oxygen atoms in total. The molecule has 0 saturated carbocycles. The van der Waals surface area contributed by atoms with Crippen molar-refractivity contribution in [2.24, 2.45) is 0 Å². The number of nitrogens with zero attached hydrogens (tertiary/aromatic N) is 3. The number of aromatic nitrogens is 3. The Morgan fingerprint density at radius 1 is 1.00 bits per heavy atom. The van der Waals surface area contributed by atoms with Gasteiger partial charge in [-0.1, -0.05) is 30.3 Å². The van der Waals surface area contributed by atoms with Gasteiger partial charge in [-0.05, 0) is 29.0 Å². The summed E-state index contributed by atoms with van der Waals surface area (Å²) >= 11 is 0. The SMILES string of the molecule is O=c1oc2ccc3ccccc3c2cc1-c1cn2cccnc2n1. The van der Waals surface area contributed by atoms with Crippen molar-refractivity contribution in [1.29, 1.82) is 0 Å². The van der Waals surface area contributed by atoms with Gasteiger partial charge >= 0.3 is 5.63 Å². The fourth-order valence-corrected chi connectivity index (χ4v) is 3.01. The largest absolute Gasteiger partial charge is 0.422 e. The van der Waals surface area contributed by atoms with Crippen molar-refractivity contribution >= 4 is 27.5 Å². The minimum atomic E-state index is -0.402. The van der Waals surface area contributed by atoms with E-state index < -0.39 is 5.63 Å². The highest BCUT2D eigenvalue weighted by Gasteiger charge is 2.13. The first-order valence-electron chi connectivity index (χ1n) is 7.55. The fourth-order valence-electron chi connectivity index (χ4n) is 3.01. The average Bonchev–Trinajstić information content (AvgIpc) is 3.04. The van der Waals surface area contributed by atoms with Crippen molar-refractivity contribution in [3.05, 3.63) is 77.5 Å². The molecule has 3 heterocycles. The molecule has 0 radical (unpaired) electrons. The van der Waals surface area contributed by atoms with E-state index in [9.17, 15) is 4.79 Å². The summed E-state index contributed by atoms with van der Waals surface area (Å²) in [6.07, 6.45) is 5.30. The highest BCUT2D eigenvalue weighted by Crippen LogP contribution is 2.27. The molecule has 0 aliphatic rings. The van der Waals surface area contributed by atoms with Gasteiger partial charge in [0.15, 0.2) is 0 Å². The zero-order chi connectivity index (χ0) is 16.1. The van der Waals surface area contributed by atoms with Crippen LogP contribution >= 0.6 is 0 Å². The number of benzene rings is 2. The van der Waals surface area contributed by atoms with Gasteiger partial charge in [-0.2, -0.15) is 0 Å². The van der Waals surface area contributed by atoms with Crippen molar-refractivity contribution in [2.75, 3.05) is 0 Å². The number of imidazole rings is 1. The Kier molecular flexibility index (Phi) is 2.58. The minimum absolute atomic E-state index is 0.402. The van der Waals surface area contributed by atoms with E-state index in [1.807, 2.05) is 54.7 Å². The monoisotopic (exact) mass is 313 g/mol. The summed E-state index contributed by atoms with van der Waals surface area (Å²) in [5.74, 6) is 0.546. The van der Waals surface area contributed by atoms with Crippen LogP contribution in [0.15, 0.2) is 76.3 Å². The Balaban J connectivity index is 1.86. The van der Waals surface area contributed by atoms with Gasteiger partial charge in [-0.15, -0.1) is 0 Å². The van der Waals surface area contributed by atoms with Crippen LogP contribution in [0.4, 0.5) is 0 Å². The molecule has 0 saturated heterocycles. The lowest BCUT2D eigenvalue weighted by Crippen LogP contribution is -2.03. The molecule has 3 aromatic heterocycles. The number of rotatable bonds is 1. The van der Waals surface area contributed by atoms with Gasteiger partial charge in [0.2, 0.25) is 5.78 Å². The molecule has 0 bridgehead atoms. The summed E-state index contributed by atoms with van der Waals surface area (Å²) in [5, 5.41) is 3.04. The van der Waals surface area contributed by atoms with Crippen LogP contribution < -0.4 is 5.63 Å². The number of hydrogen-bond donors (Lipinski definition) is 0. The summed E-state index contributed by atoms with van der Waals surface area (Å²) in [6, 6.07) is 15.5. The van der Waals surface area contributed by atoms with Crippen LogP contribution in [0, 0.1) is 0 Å². The molecule has 0 amide bonds. The molecule has 0 aliphatic heterocycles. The molecule has 24 heavy (non-hydrogen) atoms. The first-order valence-corrected chi connectivity index (χ1v) is 7.55. The molecule has 114 valence electrons. The van der Waals surface area contributed by atoms with E-state index in [0.29, 0.717) is 22.6 Å². The zero-order valence-electron chi connectivity index (χ0n) is 12.5. The summed E-state index contributed by atoms with van der Waals surface area (Å²) in [5.41, 5.74) is 1.16. The van der Waals surface area contributed by atoms with Gasteiger partial charge in [0, 0.05) is 24.0 Å². The predicted molar refractivity (Wildman–Crippen MR) is 92.0 cm³/mol. The molecular formula is C19H11N3O2. The molecule has 0 fully saturated rings. The quantitative estimate of drug-likeness (QED) is 0.350. The van der Waals surface area contributed by atoms with Crippen LogP contribution in [0.25, 0.3) is 38.8 Å². The van der Waals surface area contributed by atoms with E-state index in [4.69, 9.17) is 4.42 Å². The Labute approximate surface area is 135 Å². The zero-order valence-corrected chi connectivity index (χ0v) is 12.5. The van der Waals surface area contributed by atoms with Crippen molar-refractivity contribution < 1.29 is 4.42 Å². The Morgan fingerprint density at radius 3 is 2.83 bits per heavy atom. The van der Waals surface area contributed by atoms with Crippen LogP contribution in [-0.4, -0.2) is 14.4 Å². The van der Waals surface area contributed by atoms with Crippen LogP contribution in [0.2, 0.25) is 0 Å². The third-order valence-corrected chi connectivity index (χ3v) is 4.15. The second-order valence-corrected chi connectivity index (χ2v) is 5.60. The molecule has 5 aromatic rings. The summed E-state index contributed by atoms with van der Waals surface area (Å²) in [4.78, 5) is 21.0. The highest BCUT2D eigenvalue weighted by molar-refractivity contribution is 6.06. The van der Waals surface area contributed by atoms with Crippen LogP contribution in [0.3, 0.4) is 0 Å². The van der Waals surface area contributed by atoms with Crippen molar-refractivity contribution in [3.8, 4) is 11.3 Å². The van der Waals surface area contributed by atoms with Crippen LogP contribution in [0.1, 0.15) is 0 Å². The first-order chi connectivity index (χ1) is 11.8. The third kappa shape index (κ3) is 1.85. The smallest absolute Gasteiger partial charge is 0.345 e. The summed E-state index contributed by atoms with van der Waals surface area (Å²) in [7, 11) is 0. The molecule has 0 unspecified atom stereocenters. The summed E-state index contributed by atoms with van der Waals surface area (Å²) < 4.78 is 7.31. The van der Waals surface area contributed by atoms with E-state index >= 15 is 0 Å². The fraction of sp³-hybridized carbons (Fsp3) is 0. The van der Waals surface area contributed by atoms with Crippen LogP contribution in [-0.2, 0) is 0 Å². The van der Waals surface area contributed by atoms with Gasteiger partial charge in [-0.3, -0.25) is 4.40 Å². The molecule has 5 heteroatoms. The normalized spacial score (nSPS) is 11.5. The van der Waals surface area contributed by atoms with Crippen LogP contribution in [0.5, 0.6) is 0 Å².